The molecule has 26 heavy (non-hydrogen) atoms. The Morgan fingerprint density at radius 3 is 2.77 bits per heavy atom. The van der Waals surface area contributed by atoms with Gasteiger partial charge in [0.2, 0.25) is 0 Å². The maximum Gasteiger partial charge on any atom is 0.266 e. The van der Waals surface area contributed by atoms with E-state index in [1.54, 1.807) is 28.8 Å². The fraction of sp³-hybridized carbons (Fsp3) is 0.316. The number of carbonyl (C=O) groups is 1. The molecule has 1 aliphatic heterocycles. The molecule has 0 spiro atoms. The first-order chi connectivity index (χ1) is 12.5. The topological polar surface area (TPSA) is 64.0 Å². The minimum absolute atomic E-state index is 0.0220. The number of hydrogen-bond donors (Lipinski definition) is 1. The van der Waals surface area contributed by atoms with Crippen molar-refractivity contribution in [1.29, 1.82) is 0 Å². The van der Waals surface area contributed by atoms with Crippen molar-refractivity contribution in [3.63, 3.8) is 0 Å². The molecule has 134 valence electrons. The molecule has 0 saturated carbocycles. The van der Waals surface area contributed by atoms with E-state index in [1.165, 1.54) is 11.3 Å². The third-order valence-electron chi connectivity index (χ3n) is 4.72. The molecular formula is C19H18ClN3O2S. The van der Waals surface area contributed by atoms with Crippen molar-refractivity contribution in [3.05, 3.63) is 55.9 Å². The van der Waals surface area contributed by atoms with Crippen LogP contribution >= 0.6 is 22.9 Å². The van der Waals surface area contributed by atoms with Crippen LogP contribution in [0.5, 0.6) is 0 Å². The van der Waals surface area contributed by atoms with Crippen LogP contribution in [0, 0.1) is 6.92 Å². The summed E-state index contributed by atoms with van der Waals surface area (Å²) in [5.74, 6) is 0.610. The summed E-state index contributed by atoms with van der Waals surface area (Å²) in [4.78, 5) is 31.6. The second-order valence-electron chi connectivity index (χ2n) is 6.49. The molecule has 7 heteroatoms. The van der Waals surface area contributed by atoms with Gasteiger partial charge >= 0.3 is 0 Å². The summed E-state index contributed by atoms with van der Waals surface area (Å²) in [6, 6.07) is 6.94. The summed E-state index contributed by atoms with van der Waals surface area (Å²) in [6.45, 7) is 2.53. The number of fused-ring (bicyclic) bond motifs is 2. The van der Waals surface area contributed by atoms with E-state index in [9.17, 15) is 9.59 Å². The summed E-state index contributed by atoms with van der Waals surface area (Å²) in [5, 5.41) is 4.04. The first-order valence-electron chi connectivity index (χ1n) is 8.64. The number of aryl methyl sites for hydroxylation is 2. The standard InChI is InChI=1S/C19H18ClN3O2S/c1-11-15-18(22-14-5-3-2-4-10-23(14)19(15)25)26-16(11)17(24)21-13-8-6-12(20)7-9-13/h6-9H,2-5,10H2,1H3,(H,21,24). The van der Waals surface area contributed by atoms with Crippen molar-refractivity contribution < 1.29 is 4.79 Å². The molecule has 1 aliphatic rings. The molecule has 0 radical (unpaired) electrons. The normalized spacial score (nSPS) is 14.1. The molecule has 1 amide bonds. The van der Waals surface area contributed by atoms with Gasteiger partial charge in [-0.2, -0.15) is 0 Å². The molecule has 0 aliphatic carbocycles. The number of nitrogens with one attached hydrogen (secondary N) is 1. The first-order valence-corrected chi connectivity index (χ1v) is 9.84. The van der Waals surface area contributed by atoms with Crippen molar-refractivity contribution in [2.45, 2.75) is 39.2 Å². The quantitative estimate of drug-likeness (QED) is 0.708. The highest BCUT2D eigenvalue weighted by molar-refractivity contribution is 7.20. The molecule has 5 nitrogen and oxygen atoms in total. The lowest BCUT2D eigenvalue weighted by Gasteiger charge is -2.08. The van der Waals surface area contributed by atoms with Gasteiger partial charge in [-0.25, -0.2) is 4.98 Å². The molecule has 0 unspecified atom stereocenters. The van der Waals surface area contributed by atoms with E-state index in [4.69, 9.17) is 16.6 Å². The van der Waals surface area contributed by atoms with Crippen LogP contribution in [-0.2, 0) is 13.0 Å². The Morgan fingerprint density at radius 2 is 2.00 bits per heavy atom. The largest absolute Gasteiger partial charge is 0.321 e. The second kappa shape index (κ2) is 6.85. The van der Waals surface area contributed by atoms with Gasteiger partial charge in [-0.3, -0.25) is 14.2 Å². The highest BCUT2D eigenvalue weighted by Crippen LogP contribution is 2.29. The number of anilines is 1. The minimum Gasteiger partial charge on any atom is -0.321 e. The molecule has 0 bridgehead atoms. The molecule has 1 aromatic carbocycles. The van der Waals surface area contributed by atoms with E-state index in [0.29, 0.717) is 37.9 Å². The predicted octanol–water partition coefficient (Wildman–Crippen LogP) is 4.40. The maximum atomic E-state index is 13.0. The molecule has 0 saturated heterocycles. The number of aromatic nitrogens is 2. The third-order valence-corrected chi connectivity index (χ3v) is 6.16. The lowest BCUT2D eigenvalue weighted by atomic mass is 10.2. The van der Waals surface area contributed by atoms with E-state index in [1.807, 2.05) is 6.92 Å². The van der Waals surface area contributed by atoms with Crippen LogP contribution in [0.1, 0.15) is 40.3 Å². The zero-order valence-corrected chi connectivity index (χ0v) is 15.9. The van der Waals surface area contributed by atoms with Crippen LogP contribution in [0.2, 0.25) is 5.02 Å². The third kappa shape index (κ3) is 3.04. The molecule has 1 N–H and O–H groups in total. The van der Waals surface area contributed by atoms with Crippen molar-refractivity contribution in [2.24, 2.45) is 0 Å². The van der Waals surface area contributed by atoms with Crippen LogP contribution in [0.25, 0.3) is 10.2 Å². The lowest BCUT2D eigenvalue weighted by Crippen LogP contribution is -2.24. The van der Waals surface area contributed by atoms with E-state index < -0.39 is 0 Å². The minimum atomic E-state index is -0.229. The Hall–Kier alpha value is -2.18. The zero-order chi connectivity index (χ0) is 18.3. The fourth-order valence-electron chi connectivity index (χ4n) is 3.35. The average molecular weight is 388 g/mol. The molecule has 2 aromatic heterocycles. The predicted molar refractivity (Wildman–Crippen MR) is 106 cm³/mol. The monoisotopic (exact) mass is 387 g/mol. The molecular weight excluding hydrogens is 370 g/mol. The number of thiophene rings is 1. The van der Waals surface area contributed by atoms with Gasteiger partial charge < -0.3 is 5.32 Å². The smallest absolute Gasteiger partial charge is 0.266 e. The lowest BCUT2D eigenvalue weighted by molar-refractivity contribution is 0.103. The van der Waals surface area contributed by atoms with E-state index in [-0.39, 0.29) is 11.5 Å². The number of nitrogens with zero attached hydrogens (tertiary/aromatic N) is 2. The van der Waals surface area contributed by atoms with Crippen LogP contribution in [0.3, 0.4) is 0 Å². The van der Waals surface area contributed by atoms with Crippen molar-refractivity contribution in [1.82, 2.24) is 9.55 Å². The molecule has 4 rings (SSSR count). The molecule has 3 aromatic rings. The molecule has 0 fully saturated rings. The van der Waals surface area contributed by atoms with Gasteiger partial charge in [-0.1, -0.05) is 18.0 Å². The molecule has 3 heterocycles. The highest BCUT2D eigenvalue weighted by atomic mass is 35.5. The van der Waals surface area contributed by atoms with Crippen molar-refractivity contribution in [3.8, 4) is 0 Å². The van der Waals surface area contributed by atoms with Crippen LogP contribution in [-0.4, -0.2) is 15.5 Å². The van der Waals surface area contributed by atoms with Crippen LogP contribution < -0.4 is 10.9 Å². The van der Waals surface area contributed by atoms with Crippen molar-refractivity contribution >= 4 is 44.7 Å². The number of rotatable bonds is 2. The van der Waals surface area contributed by atoms with Gasteiger partial charge in [0, 0.05) is 23.7 Å². The Labute approximate surface area is 159 Å². The SMILES string of the molecule is Cc1c(C(=O)Nc2ccc(Cl)cc2)sc2nc3n(c(=O)c12)CCCCC3. The Morgan fingerprint density at radius 1 is 1.23 bits per heavy atom. The summed E-state index contributed by atoms with van der Waals surface area (Å²) in [6.07, 6.45) is 3.97. The highest BCUT2D eigenvalue weighted by Gasteiger charge is 2.22. The zero-order valence-electron chi connectivity index (χ0n) is 14.3. The van der Waals surface area contributed by atoms with E-state index in [0.717, 1.165) is 31.5 Å². The van der Waals surface area contributed by atoms with Gasteiger partial charge in [0.25, 0.3) is 11.5 Å². The van der Waals surface area contributed by atoms with E-state index >= 15 is 0 Å². The van der Waals surface area contributed by atoms with E-state index in [2.05, 4.69) is 5.32 Å². The van der Waals surface area contributed by atoms with Gasteiger partial charge in [0.15, 0.2) is 0 Å². The Kier molecular flexibility index (Phi) is 4.54. The number of benzene rings is 1. The summed E-state index contributed by atoms with van der Waals surface area (Å²) < 4.78 is 1.79. The summed E-state index contributed by atoms with van der Waals surface area (Å²) in [7, 11) is 0. The number of hydrogen-bond acceptors (Lipinski definition) is 4. The number of halogens is 1. The van der Waals surface area contributed by atoms with Crippen LogP contribution in [0.4, 0.5) is 5.69 Å². The van der Waals surface area contributed by atoms with Gasteiger partial charge in [0.1, 0.15) is 10.7 Å². The second-order valence-corrected chi connectivity index (χ2v) is 7.93. The molecule has 0 atom stereocenters. The first kappa shape index (κ1) is 17.2. The Balaban J connectivity index is 1.75. The average Bonchev–Trinajstić information content (AvgIpc) is 2.80. The number of amides is 1. The van der Waals surface area contributed by atoms with Gasteiger partial charge in [-0.05, 0) is 49.6 Å². The van der Waals surface area contributed by atoms with Crippen LogP contribution in [0.15, 0.2) is 29.1 Å². The van der Waals surface area contributed by atoms with Crippen molar-refractivity contribution in [2.75, 3.05) is 5.32 Å². The maximum absolute atomic E-state index is 13.0. The Bertz CT molecular complexity index is 1050. The summed E-state index contributed by atoms with van der Waals surface area (Å²) >= 11 is 7.16. The summed E-state index contributed by atoms with van der Waals surface area (Å²) in [5.41, 5.74) is 1.34. The fourth-order valence-corrected chi connectivity index (χ4v) is 4.56. The van der Waals surface area contributed by atoms with Gasteiger partial charge in [-0.15, -0.1) is 11.3 Å². The number of carbonyl (C=O) groups excluding carboxylic acids is 1. The van der Waals surface area contributed by atoms with Gasteiger partial charge in [0.05, 0.1) is 10.3 Å².